The lowest BCUT2D eigenvalue weighted by molar-refractivity contribution is -0.153. The van der Waals surface area contributed by atoms with E-state index < -0.39 is 12.8 Å². The second kappa shape index (κ2) is 9.33. The Hall–Kier alpha value is -2.42. The van der Waals surface area contributed by atoms with E-state index in [0.29, 0.717) is 12.5 Å². The topological polar surface area (TPSA) is 68.9 Å². The Morgan fingerprint density at radius 3 is 2.73 bits per heavy atom. The molecule has 0 saturated heterocycles. The van der Waals surface area contributed by atoms with Crippen molar-refractivity contribution in [1.82, 2.24) is 5.32 Å². The molecule has 0 fully saturated rings. The fraction of sp³-hybridized carbons (Fsp3) is 0.353. The number of aliphatic imine (C=N–C) groups is 1. The summed E-state index contributed by atoms with van der Waals surface area (Å²) in [6.07, 6.45) is -3.55. The summed E-state index contributed by atoms with van der Waals surface area (Å²) >= 11 is 1.68. The summed E-state index contributed by atoms with van der Waals surface area (Å²) in [6, 6.07) is 8.67. The smallest absolute Gasteiger partial charge is 0.422 e. The highest BCUT2D eigenvalue weighted by Gasteiger charge is 2.29. The molecule has 2 aromatic rings. The third-order valence-corrected chi connectivity index (χ3v) is 4.25. The summed E-state index contributed by atoms with van der Waals surface area (Å²) in [5.41, 5.74) is 6.56. The first-order chi connectivity index (χ1) is 12.4. The number of nitrogens with one attached hydrogen (secondary N) is 1. The molecule has 5 nitrogen and oxygen atoms in total. The van der Waals surface area contributed by atoms with Crippen LogP contribution >= 0.6 is 11.3 Å². The van der Waals surface area contributed by atoms with Crippen LogP contribution in [-0.4, -0.2) is 32.4 Å². The maximum Gasteiger partial charge on any atom is 0.422 e. The Bertz CT molecular complexity index is 719. The van der Waals surface area contributed by atoms with Gasteiger partial charge in [0.25, 0.3) is 0 Å². The molecule has 0 aliphatic carbocycles. The number of hydrogen-bond donors (Lipinski definition) is 2. The van der Waals surface area contributed by atoms with Crippen LogP contribution in [0.15, 0.2) is 40.7 Å². The quantitative estimate of drug-likeness (QED) is 0.538. The van der Waals surface area contributed by atoms with E-state index in [1.807, 2.05) is 17.5 Å². The Labute approximate surface area is 153 Å². The van der Waals surface area contributed by atoms with E-state index in [0.717, 1.165) is 12.0 Å². The van der Waals surface area contributed by atoms with Gasteiger partial charge in [-0.25, -0.2) is 4.99 Å². The van der Waals surface area contributed by atoms with Crippen molar-refractivity contribution in [3.8, 4) is 11.5 Å². The number of thiophene rings is 1. The number of alkyl halides is 3. The van der Waals surface area contributed by atoms with Gasteiger partial charge in [-0.1, -0.05) is 12.1 Å². The number of hydrogen-bond acceptors (Lipinski definition) is 4. The Kier molecular flexibility index (Phi) is 7.14. The average molecular weight is 387 g/mol. The van der Waals surface area contributed by atoms with Crippen LogP contribution in [0.1, 0.15) is 10.4 Å². The molecule has 0 unspecified atom stereocenters. The van der Waals surface area contributed by atoms with E-state index in [1.165, 1.54) is 18.1 Å². The van der Waals surface area contributed by atoms with Crippen molar-refractivity contribution in [2.75, 3.05) is 20.3 Å². The molecule has 0 aliphatic rings. The highest BCUT2D eigenvalue weighted by atomic mass is 32.1. The van der Waals surface area contributed by atoms with Crippen molar-refractivity contribution in [3.63, 3.8) is 0 Å². The zero-order valence-electron chi connectivity index (χ0n) is 14.2. The predicted molar refractivity (Wildman–Crippen MR) is 95.9 cm³/mol. The van der Waals surface area contributed by atoms with Crippen molar-refractivity contribution >= 4 is 17.3 Å². The van der Waals surface area contributed by atoms with Gasteiger partial charge < -0.3 is 20.5 Å². The maximum absolute atomic E-state index is 12.3. The number of nitrogens with zero attached hydrogens (tertiary/aromatic N) is 1. The van der Waals surface area contributed by atoms with Gasteiger partial charge in [-0.3, -0.25) is 0 Å². The van der Waals surface area contributed by atoms with Crippen LogP contribution in [0.5, 0.6) is 11.5 Å². The van der Waals surface area contributed by atoms with Crippen molar-refractivity contribution < 1.29 is 22.6 Å². The van der Waals surface area contributed by atoms with Crippen molar-refractivity contribution in [1.29, 1.82) is 0 Å². The van der Waals surface area contributed by atoms with E-state index in [4.69, 9.17) is 15.2 Å². The first kappa shape index (κ1) is 19.9. The molecule has 0 radical (unpaired) electrons. The fourth-order valence-corrected chi connectivity index (χ4v) is 2.80. The first-order valence-corrected chi connectivity index (χ1v) is 8.68. The van der Waals surface area contributed by atoms with E-state index in [1.54, 1.807) is 23.5 Å². The number of guanidine groups is 1. The highest BCUT2D eigenvalue weighted by molar-refractivity contribution is 7.09. The predicted octanol–water partition coefficient (Wildman–Crippen LogP) is 3.34. The lowest BCUT2D eigenvalue weighted by Crippen LogP contribution is -2.33. The minimum Gasteiger partial charge on any atom is -0.493 e. The monoisotopic (exact) mass is 387 g/mol. The Morgan fingerprint density at radius 2 is 2.08 bits per heavy atom. The average Bonchev–Trinajstić information content (AvgIpc) is 3.11. The summed E-state index contributed by atoms with van der Waals surface area (Å²) in [6.45, 7) is -0.431. The van der Waals surface area contributed by atoms with Gasteiger partial charge in [0.1, 0.15) is 0 Å². The molecule has 1 heterocycles. The van der Waals surface area contributed by atoms with Gasteiger partial charge in [-0.05, 0) is 35.6 Å². The van der Waals surface area contributed by atoms with E-state index in [-0.39, 0.29) is 18.0 Å². The summed E-state index contributed by atoms with van der Waals surface area (Å²) in [4.78, 5) is 5.47. The molecule has 3 N–H and O–H groups in total. The number of methoxy groups -OCH3 is 1. The van der Waals surface area contributed by atoms with E-state index in [9.17, 15) is 13.2 Å². The van der Waals surface area contributed by atoms with Gasteiger partial charge in [0.15, 0.2) is 24.1 Å². The molecule has 1 aromatic carbocycles. The van der Waals surface area contributed by atoms with Crippen molar-refractivity contribution in [2.45, 2.75) is 19.1 Å². The third-order valence-electron chi connectivity index (χ3n) is 3.31. The summed E-state index contributed by atoms with van der Waals surface area (Å²) in [5.74, 6) is 0.545. The second-order valence-corrected chi connectivity index (χ2v) is 6.38. The van der Waals surface area contributed by atoms with Crippen LogP contribution in [0.2, 0.25) is 0 Å². The Balaban J connectivity index is 1.87. The fourth-order valence-electron chi connectivity index (χ4n) is 2.09. The number of rotatable bonds is 8. The van der Waals surface area contributed by atoms with Crippen molar-refractivity contribution in [3.05, 3.63) is 46.2 Å². The van der Waals surface area contributed by atoms with Gasteiger partial charge in [0.05, 0.1) is 13.7 Å². The van der Waals surface area contributed by atoms with E-state index in [2.05, 4.69) is 10.3 Å². The molecule has 0 bridgehead atoms. The zero-order chi connectivity index (χ0) is 19.0. The van der Waals surface area contributed by atoms with Gasteiger partial charge in [-0.15, -0.1) is 11.3 Å². The highest BCUT2D eigenvalue weighted by Crippen LogP contribution is 2.30. The molecule has 0 amide bonds. The zero-order valence-corrected chi connectivity index (χ0v) is 15.0. The second-order valence-electron chi connectivity index (χ2n) is 5.35. The molecule has 0 spiro atoms. The van der Waals surface area contributed by atoms with Crippen LogP contribution in [0.4, 0.5) is 13.2 Å². The van der Waals surface area contributed by atoms with Crippen LogP contribution in [-0.2, 0) is 13.0 Å². The maximum atomic E-state index is 12.3. The molecular weight excluding hydrogens is 367 g/mol. The molecule has 9 heteroatoms. The molecule has 1 aromatic heterocycles. The molecular formula is C17H20F3N3O2S. The summed E-state index contributed by atoms with van der Waals surface area (Å²) in [5, 5.41) is 5.04. The van der Waals surface area contributed by atoms with Crippen LogP contribution in [0.3, 0.4) is 0 Å². The van der Waals surface area contributed by atoms with Gasteiger partial charge in [0, 0.05) is 11.4 Å². The normalized spacial score (nSPS) is 12.1. The molecule has 142 valence electrons. The number of halogens is 3. The van der Waals surface area contributed by atoms with Gasteiger partial charge in [0.2, 0.25) is 0 Å². The first-order valence-electron chi connectivity index (χ1n) is 7.80. The lowest BCUT2D eigenvalue weighted by Gasteiger charge is -2.13. The largest absolute Gasteiger partial charge is 0.493 e. The number of ether oxygens (including phenoxy) is 2. The minimum absolute atomic E-state index is 0.0274. The molecule has 0 atom stereocenters. The molecule has 0 aliphatic heterocycles. The number of benzene rings is 1. The van der Waals surface area contributed by atoms with Crippen LogP contribution in [0, 0.1) is 0 Å². The van der Waals surface area contributed by atoms with E-state index >= 15 is 0 Å². The standard InChI is InChI=1S/C17H20F3N3O2S/c1-24-15-9-12(4-5-14(15)25-11-17(18,19)20)10-23-16(21)22-7-6-13-3-2-8-26-13/h2-5,8-9H,6-7,10-11H2,1H3,(H3,21,22,23). The molecule has 26 heavy (non-hydrogen) atoms. The third kappa shape index (κ3) is 6.83. The van der Waals surface area contributed by atoms with Crippen LogP contribution in [0.25, 0.3) is 0 Å². The van der Waals surface area contributed by atoms with Crippen LogP contribution < -0.4 is 20.5 Å². The minimum atomic E-state index is -4.41. The Morgan fingerprint density at radius 1 is 1.27 bits per heavy atom. The molecule has 0 saturated carbocycles. The van der Waals surface area contributed by atoms with Gasteiger partial charge in [-0.2, -0.15) is 13.2 Å². The van der Waals surface area contributed by atoms with Crippen molar-refractivity contribution in [2.24, 2.45) is 10.7 Å². The summed E-state index contributed by atoms with van der Waals surface area (Å²) in [7, 11) is 1.36. The molecule has 2 rings (SSSR count). The van der Waals surface area contributed by atoms with Gasteiger partial charge >= 0.3 is 6.18 Å². The SMILES string of the molecule is COc1cc(CN=C(N)NCCc2cccs2)ccc1OCC(F)(F)F. The number of nitrogens with two attached hydrogens (primary N) is 1. The summed E-state index contributed by atoms with van der Waals surface area (Å²) < 4.78 is 46.6. The lowest BCUT2D eigenvalue weighted by atomic mass is 10.2.